The largest absolute Gasteiger partial charge is 0.356 e. The molecule has 4 rings (SSSR count). The number of carbonyl (C=O) groups is 1. The molecule has 344 valence electrons. The highest BCUT2D eigenvalue weighted by molar-refractivity contribution is 7.94. The highest BCUT2D eigenvalue weighted by Gasteiger charge is 2.45. The van der Waals surface area contributed by atoms with Crippen molar-refractivity contribution in [1.29, 1.82) is 0 Å². The SMILES string of the molecule is CC1(C)C(/C=C/C=C/C=C2\N(CCCS(=O)(=O)O)c3ccc(S(=O)(=O)O)cc3C2(C)CCCCCC(=O)NCCCCCN)=[N+](CCCS(=O)(=O)O)c2ccc(SOOO)cc21. The Balaban J connectivity index is 1.67. The average molecular weight is 944 g/mol. The zero-order valence-corrected chi connectivity index (χ0v) is 38.5. The lowest BCUT2D eigenvalue weighted by Gasteiger charge is -2.30. The lowest BCUT2D eigenvalue weighted by molar-refractivity contribution is -0.437. The molecule has 0 bridgehead atoms. The summed E-state index contributed by atoms with van der Waals surface area (Å²) in [5.41, 5.74) is 8.60. The highest BCUT2D eigenvalue weighted by Crippen LogP contribution is 2.51. The Hall–Kier alpha value is -3.48. The first-order valence-electron chi connectivity index (χ1n) is 20.4. The molecule has 2 heterocycles. The number of nitrogens with one attached hydrogen (secondary N) is 1. The number of hydrogen-bond donors (Lipinski definition) is 6. The summed E-state index contributed by atoms with van der Waals surface area (Å²) in [6.07, 6.45) is 14.9. The second kappa shape index (κ2) is 22.4. The first kappa shape index (κ1) is 51.2. The summed E-state index contributed by atoms with van der Waals surface area (Å²) in [5, 5.41) is 15.4. The number of allylic oxidation sites excluding steroid dienone is 6. The van der Waals surface area contributed by atoms with E-state index in [1.54, 1.807) is 24.3 Å². The molecule has 1 amide bonds. The molecule has 2 aromatic carbocycles. The van der Waals surface area contributed by atoms with E-state index in [0.29, 0.717) is 61.3 Å². The summed E-state index contributed by atoms with van der Waals surface area (Å²) in [7, 11) is -13.1. The summed E-state index contributed by atoms with van der Waals surface area (Å²) in [6, 6.07) is 9.78. The lowest BCUT2D eigenvalue weighted by Crippen LogP contribution is -2.30. The Morgan fingerprint density at radius 1 is 0.855 bits per heavy atom. The lowest BCUT2D eigenvalue weighted by atomic mass is 9.77. The van der Waals surface area contributed by atoms with Crippen molar-refractivity contribution in [2.45, 2.75) is 106 Å². The molecule has 0 saturated heterocycles. The Kier molecular flexibility index (Phi) is 18.5. The minimum atomic E-state index is -4.58. The quantitative estimate of drug-likeness (QED) is 0.0116. The summed E-state index contributed by atoms with van der Waals surface area (Å²) in [6.45, 7) is 7.59. The van der Waals surface area contributed by atoms with Gasteiger partial charge < -0.3 is 16.0 Å². The van der Waals surface area contributed by atoms with E-state index in [2.05, 4.69) is 14.7 Å². The average Bonchev–Trinajstić information content (AvgIpc) is 3.54. The highest BCUT2D eigenvalue weighted by atomic mass is 32.2. The summed E-state index contributed by atoms with van der Waals surface area (Å²) in [4.78, 5) is 14.7. The fourth-order valence-electron chi connectivity index (χ4n) is 8.07. The van der Waals surface area contributed by atoms with E-state index in [-0.39, 0.29) is 36.7 Å². The predicted molar refractivity (Wildman–Crippen MR) is 238 cm³/mol. The van der Waals surface area contributed by atoms with E-state index in [0.717, 1.165) is 54.0 Å². The van der Waals surface area contributed by atoms with Crippen molar-refractivity contribution >= 4 is 65.4 Å². The molecule has 17 nitrogen and oxygen atoms in total. The molecule has 21 heteroatoms. The molecular formula is C41H59N4O13S4+. The van der Waals surface area contributed by atoms with Crippen molar-refractivity contribution in [3.63, 3.8) is 0 Å². The van der Waals surface area contributed by atoms with Crippen molar-refractivity contribution in [3.05, 3.63) is 83.6 Å². The Morgan fingerprint density at radius 3 is 2.24 bits per heavy atom. The molecule has 2 aliphatic heterocycles. The standard InChI is InChI=1S/C41H58N4O13S4/c1-40(2)33-29-31(59-58-57-47)18-20-35(33)44(25-13-27-60(48,49)50)37(40)15-7-4-8-16-38-41(3,22-10-5-9-17-39(46)43-24-12-6-11-23-42)34-30-32(62(54,55)56)19-21-36(34)45(38)26-14-28-61(51,52)53/h4,7-8,15-16,18-21,29-30H,5-6,9-14,17,22-28,42H2,1-3H3,(H4-,43,46,47,48,49,50,51,52,53,54,55,56)/p+1. The minimum Gasteiger partial charge on any atom is -0.356 e. The monoisotopic (exact) mass is 943 g/mol. The molecule has 7 N–H and O–H groups in total. The minimum absolute atomic E-state index is 0.0347. The van der Waals surface area contributed by atoms with Crippen LogP contribution < -0.4 is 16.0 Å². The van der Waals surface area contributed by atoms with Crippen LogP contribution in [0.25, 0.3) is 0 Å². The van der Waals surface area contributed by atoms with Crippen LogP contribution in [-0.2, 0) is 55.4 Å². The molecule has 1 atom stereocenters. The van der Waals surface area contributed by atoms with Gasteiger partial charge in [-0.2, -0.15) is 29.8 Å². The van der Waals surface area contributed by atoms with E-state index in [4.69, 9.17) is 11.0 Å². The van der Waals surface area contributed by atoms with Gasteiger partial charge in [-0.1, -0.05) is 42.5 Å². The summed E-state index contributed by atoms with van der Waals surface area (Å²) >= 11 is 0.808. The van der Waals surface area contributed by atoms with Gasteiger partial charge in [-0.05, 0) is 101 Å². The number of hydrogen-bond acceptors (Lipinski definition) is 13. The van der Waals surface area contributed by atoms with Crippen LogP contribution in [-0.4, -0.2) is 98.0 Å². The van der Waals surface area contributed by atoms with Crippen LogP contribution in [0.2, 0.25) is 0 Å². The molecule has 0 radical (unpaired) electrons. The van der Waals surface area contributed by atoms with E-state index >= 15 is 0 Å². The molecule has 2 aromatic rings. The number of amides is 1. The van der Waals surface area contributed by atoms with Gasteiger partial charge in [0.1, 0.15) is 6.54 Å². The molecule has 1 unspecified atom stereocenters. The van der Waals surface area contributed by atoms with Crippen LogP contribution in [0, 0.1) is 0 Å². The molecule has 2 aliphatic rings. The van der Waals surface area contributed by atoms with Gasteiger partial charge in [0.2, 0.25) is 11.6 Å². The van der Waals surface area contributed by atoms with Crippen LogP contribution in [0.1, 0.15) is 96.1 Å². The van der Waals surface area contributed by atoms with Crippen LogP contribution >= 0.6 is 12.0 Å². The smallest absolute Gasteiger partial charge is 0.294 e. The maximum Gasteiger partial charge on any atom is 0.294 e. The van der Waals surface area contributed by atoms with Crippen LogP contribution in [0.5, 0.6) is 0 Å². The van der Waals surface area contributed by atoms with Gasteiger partial charge in [-0.25, -0.2) is 5.26 Å². The molecular weight excluding hydrogens is 885 g/mol. The maximum absolute atomic E-state index is 12.5. The van der Waals surface area contributed by atoms with E-state index in [1.165, 1.54) is 12.1 Å². The van der Waals surface area contributed by atoms with Crippen LogP contribution in [0.15, 0.2) is 82.3 Å². The van der Waals surface area contributed by atoms with E-state index < -0.39 is 52.7 Å². The molecule has 0 saturated carbocycles. The Bertz CT molecular complexity index is 2360. The van der Waals surface area contributed by atoms with Gasteiger partial charge in [-0.3, -0.25) is 18.5 Å². The Labute approximate surface area is 369 Å². The number of rotatable bonds is 26. The predicted octanol–water partition coefficient (Wildman–Crippen LogP) is 6.26. The van der Waals surface area contributed by atoms with Crippen molar-refractivity contribution in [2.24, 2.45) is 5.73 Å². The number of nitrogens with zero attached hydrogens (tertiary/aromatic N) is 2. The zero-order valence-electron chi connectivity index (χ0n) is 35.2. The zero-order chi connectivity index (χ0) is 45.8. The number of fused-ring (bicyclic) bond motifs is 2. The molecule has 0 aromatic heterocycles. The third-order valence-corrected chi connectivity index (χ3v) is 14.1. The van der Waals surface area contributed by atoms with E-state index in [1.807, 2.05) is 60.6 Å². The normalized spacial score (nSPS) is 18.4. The topological polar surface area (TPSA) is 263 Å². The second-order valence-electron chi connectivity index (χ2n) is 16.0. The van der Waals surface area contributed by atoms with Gasteiger partial charge in [-0.15, -0.1) is 4.33 Å². The molecule has 0 aliphatic carbocycles. The summed E-state index contributed by atoms with van der Waals surface area (Å²) in [5.74, 6) is -0.967. The van der Waals surface area contributed by atoms with E-state index in [9.17, 15) is 43.7 Å². The molecule has 0 fully saturated rings. The summed E-state index contributed by atoms with van der Waals surface area (Å²) < 4.78 is 107. The van der Waals surface area contributed by atoms with Crippen LogP contribution in [0.4, 0.5) is 11.4 Å². The van der Waals surface area contributed by atoms with Gasteiger partial charge in [0.05, 0.1) is 33.9 Å². The fraction of sp³-hybridized carbons (Fsp3) is 0.512. The number of carbonyl (C=O) groups excluding carboxylic acids is 1. The third kappa shape index (κ3) is 14.3. The number of anilines is 1. The van der Waals surface area contributed by atoms with Gasteiger partial charge >= 0.3 is 0 Å². The Morgan fingerprint density at radius 2 is 1.56 bits per heavy atom. The number of nitrogens with two attached hydrogens (primary N) is 1. The van der Waals surface area contributed by atoms with Gasteiger partial charge in [0, 0.05) is 65.3 Å². The number of unbranched alkanes of at least 4 members (excludes halogenated alkanes) is 4. The van der Waals surface area contributed by atoms with Crippen LogP contribution in [0.3, 0.4) is 0 Å². The third-order valence-electron chi connectivity index (χ3n) is 11.1. The van der Waals surface area contributed by atoms with Gasteiger partial charge in [0.25, 0.3) is 30.4 Å². The first-order chi connectivity index (χ1) is 29.1. The van der Waals surface area contributed by atoms with Crippen molar-refractivity contribution in [3.8, 4) is 0 Å². The second-order valence-corrected chi connectivity index (χ2v) is 21.4. The molecule has 62 heavy (non-hydrogen) atoms. The molecule has 0 spiro atoms. The van der Waals surface area contributed by atoms with Crippen molar-refractivity contribution in [1.82, 2.24) is 5.32 Å². The van der Waals surface area contributed by atoms with Crippen molar-refractivity contribution < 1.29 is 62.9 Å². The fourth-order valence-corrected chi connectivity index (χ4v) is 9.96. The first-order valence-corrected chi connectivity index (χ1v) is 25.8. The maximum atomic E-state index is 12.5. The van der Waals surface area contributed by atoms with Crippen molar-refractivity contribution in [2.75, 3.05) is 42.6 Å². The van der Waals surface area contributed by atoms with Gasteiger partial charge in [0.15, 0.2) is 5.71 Å². The number of benzene rings is 2.